The molecule has 19 heavy (non-hydrogen) atoms. The first-order chi connectivity index (χ1) is 9.11. The summed E-state index contributed by atoms with van der Waals surface area (Å²) in [6, 6.07) is 12.3. The average Bonchev–Trinajstić information content (AvgIpc) is 2.45. The molecule has 98 valence electrons. The van der Waals surface area contributed by atoms with E-state index in [4.69, 9.17) is 5.73 Å². The standard InChI is InChI=1S/C15H15NO3/c1-19-14(17)9-13(16)15(18)12-7-6-10-4-2-3-5-11(10)8-12/h2-8,13H,9,16H2,1H3. The van der Waals surface area contributed by atoms with Crippen LogP contribution in [0, 0.1) is 0 Å². The number of ketones is 1. The number of esters is 1. The highest BCUT2D eigenvalue weighted by atomic mass is 16.5. The molecule has 2 aromatic rings. The third-order valence-electron chi connectivity index (χ3n) is 2.99. The van der Waals surface area contributed by atoms with Crippen molar-refractivity contribution in [2.45, 2.75) is 12.5 Å². The van der Waals surface area contributed by atoms with Crippen molar-refractivity contribution in [2.24, 2.45) is 5.73 Å². The predicted octanol–water partition coefficient (Wildman–Crippen LogP) is 1.91. The van der Waals surface area contributed by atoms with Crippen molar-refractivity contribution in [2.75, 3.05) is 7.11 Å². The molecule has 0 fully saturated rings. The predicted molar refractivity (Wildman–Crippen MR) is 72.9 cm³/mol. The number of hydrogen-bond donors (Lipinski definition) is 1. The minimum absolute atomic E-state index is 0.109. The Morgan fingerprint density at radius 1 is 1.16 bits per heavy atom. The smallest absolute Gasteiger partial charge is 0.307 e. The summed E-state index contributed by atoms with van der Waals surface area (Å²) >= 11 is 0. The summed E-state index contributed by atoms with van der Waals surface area (Å²) in [4.78, 5) is 23.2. The highest BCUT2D eigenvalue weighted by molar-refractivity contribution is 6.04. The van der Waals surface area contributed by atoms with E-state index in [1.807, 2.05) is 30.3 Å². The van der Waals surface area contributed by atoms with Gasteiger partial charge in [0.1, 0.15) is 0 Å². The lowest BCUT2D eigenvalue weighted by atomic mass is 9.99. The highest BCUT2D eigenvalue weighted by Gasteiger charge is 2.19. The van der Waals surface area contributed by atoms with Gasteiger partial charge in [-0.15, -0.1) is 0 Å². The van der Waals surface area contributed by atoms with Gasteiger partial charge in [-0.3, -0.25) is 9.59 Å². The van der Waals surface area contributed by atoms with Gasteiger partial charge in [0, 0.05) is 5.56 Å². The Kier molecular flexibility index (Phi) is 3.92. The van der Waals surface area contributed by atoms with Gasteiger partial charge in [-0.2, -0.15) is 0 Å². The number of carbonyl (C=O) groups is 2. The highest BCUT2D eigenvalue weighted by Crippen LogP contribution is 2.17. The van der Waals surface area contributed by atoms with Crippen LogP contribution in [0.1, 0.15) is 16.8 Å². The van der Waals surface area contributed by atoms with Crippen LogP contribution in [0.4, 0.5) is 0 Å². The van der Waals surface area contributed by atoms with Crippen molar-refractivity contribution in [1.82, 2.24) is 0 Å². The largest absolute Gasteiger partial charge is 0.469 e. The number of rotatable bonds is 4. The van der Waals surface area contributed by atoms with Crippen LogP contribution in [-0.2, 0) is 9.53 Å². The first-order valence-electron chi connectivity index (χ1n) is 5.97. The molecule has 4 heteroatoms. The molecule has 0 heterocycles. The molecule has 0 spiro atoms. The van der Waals surface area contributed by atoms with Crippen molar-refractivity contribution in [3.05, 3.63) is 48.0 Å². The van der Waals surface area contributed by atoms with Crippen LogP contribution in [0.3, 0.4) is 0 Å². The number of fused-ring (bicyclic) bond motifs is 1. The second-order valence-electron chi connectivity index (χ2n) is 4.31. The van der Waals surface area contributed by atoms with Crippen LogP contribution >= 0.6 is 0 Å². The monoisotopic (exact) mass is 257 g/mol. The number of Topliss-reactive ketones (excluding diaryl/α,β-unsaturated/α-hetero) is 1. The van der Waals surface area contributed by atoms with E-state index in [-0.39, 0.29) is 12.2 Å². The van der Waals surface area contributed by atoms with E-state index in [0.29, 0.717) is 5.56 Å². The Morgan fingerprint density at radius 3 is 2.53 bits per heavy atom. The molecule has 2 rings (SSSR count). The summed E-state index contributed by atoms with van der Waals surface area (Å²) in [5.74, 6) is -0.738. The molecule has 0 aliphatic carbocycles. The lowest BCUT2D eigenvalue weighted by Gasteiger charge is -2.09. The average molecular weight is 257 g/mol. The maximum absolute atomic E-state index is 12.1. The summed E-state index contributed by atoms with van der Waals surface area (Å²) in [5, 5.41) is 2.03. The zero-order valence-corrected chi connectivity index (χ0v) is 10.6. The summed E-state index contributed by atoms with van der Waals surface area (Å²) in [6.07, 6.45) is -0.109. The van der Waals surface area contributed by atoms with E-state index in [9.17, 15) is 9.59 Å². The fourth-order valence-electron chi connectivity index (χ4n) is 1.91. The molecule has 1 atom stereocenters. The fourth-order valence-corrected chi connectivity index (χ4v) is 1.91. The lowest BCUT2D eigenvalue weighted by Crippen LogP contribution is -2.33. The van der Waals surface area contributed by atoms with Gasteiger partial charge in [0.2, 0.25) is 0 Å². The van der Waals surface area contributed by atoms with Gasteiger partial charge in [-0.25, -0.2) is 0 Å². The zero-order chi connectivity index (χ0) is 13.8. The number of carbonyl (C=O) groups excluding carboxylic acids is 2. The summed E-state index contributed by atoms with van der Waals surface area (Å²) in [5.41, 5.74) is 6.23. The van der Waals surface area contributed by atoms with Gasteiger partial charge in [-0.05, 0) is 16.8 Å². The Labute approximate surface area is 111 Å². The molecule has 0 radical (unpaired) electrons. The lowest BCUT2D eigenvalue weighted by molar-refractivity contribution is -0.140. The van der Waals surface area contributed by atoms with Crippen LogP contribution in [0.2, 0.25) is 0 Å². The molecule has 0 bridgehead atoms. The number of ether oxygens (including phenoxy) is 1. The minimum atomic E-state index is -0.867. The topological polar surface area (TPSA) is 69.4 Å². The van der Waals surface area contributed by atoms with Crippen LogP contribution in [-0.4, -0.2) is 24.9 Å². The zero-order valence-electron chi connectivity index (χ0n) is 10.6. The Hall–Kier alpha value is -2.20. The molecule has 2 aromatic carbocycles. The first-order valence-corrected chi connectivity index (χ1v) is 5.97. The summed E-state index contributed by atoms with van der Waals surface area (Å²) < 4.78 is 4.51. The van der Waals surface area contributed by atoms with Crippen molar-refractivity contribution >= 4 is 22.5 Å². The molecular formula is C15H15NO3. The van der Waals surface area contributed by atoms with E-state index in [2.05, 4.69) is 4.74 Å². The van der Waals surface area contributed by atoms with E-state index in [0.717, 1.165) is 10.8 Å². The SMILES string of the molecule is COC(=O)CC(N)C(=O)c1ccc2ccccc2c1. The Bertz CT molecular complexity index is 622. The number of hydrogen-bond acceptors (Lipinski definition) is 4. The molecular weight excluding hydrogens is 242 g/mol. The van der Waals surface area contributed by atoms with Crippen LogP contribution in [0.15, 0.2) is 42.5 Å². The molecule has 0 saturated carbocycles. The maximum Gasteiger partial charge on any atom is 0.307 e. The second kappa shape index (κ2) is 5.63. The Morgan fingerprint density at radius 2 is 1.84 bits per heavy atom. The molecule has 0 aromatic heterocycles. The summed E-state index contributed by atoms with van der Waals surface area (Å²) in [6.45, 7) is 0. The molecule has 1 unspecified atom stereocenters. The van der Waals surface area contributed by atoms with Gasteiger partial charge < -0.3 is 10.5 Å². The number of nitrogens with two attached hydrogens (primary N) is 1. The fraction of sp³-hybridized carbons (Fsp3) is 0.200. The molecule has 4 nitrogen and oxygen atoms in total. The van der Waals surface area contributed by atoms with Gasteiger partial charge in [0.05, 0.1) is 19.6 Å². The van der Waals surface area contributed by atoms with E-state index < -0.39 is 12.0 Å². The van der Waals surface area contributed by atoms with Gasteiger partial charge >= 0.3 is 5.97 Å². The number of methoxy groups -OCH3 is 1. The number of benzene rings is 2. The molecule has 0 aliphatic heterocycles. The first kappa shape index (κ1) is 13.2. The maximum atomic E-state index is 12.1. The molecule has 0 amide bonds. The van der Waals surface area contributed by atoms with Crippen LogP contribution in [0.25, 0.3) is 10.8 Å². The quantitative estimate of drug-likeness (QED) is 0.671. The van der Waals surface area contributed by atoms with E-state index in [1.165, 1.54) is 7.11 Å². The molecule has 0 aliphatic rings. The van der Waals surface area contributed by atoms with E-state index >= 15 is 0 Å². The summed E-state index contributed by atoms with van der Waals surface area (Å²) in [7, 11) is 1.27. The van der Waals surface area contributed by atoms with E-state index in [1.54, 1.807) is 12.1 Å². The van der Waals surface area contributed by atoms with Crippen molar-refractivity contribution in [3.63, 3.8) is 0 Å². The van der Waals surface area contributed by atoms with Crippen molar-refractivity contribution < 1.29 is 14.3 Å². The molecule has 2 N–H and O–H groups in total. The van der Waals surface area contributed by atoms with Crippen molar-refractivity contribution in [1.29, 1.82) is 0 Å². The van der Waals surface area contributed by atoms with Gasteiger partial charge in [0.15, 0.2) is 5.78 Å². The van der Waals surface area contributed by atoms with Gasteiger partial charge in [-0.1, -0.05) is 36.4 Å². The van der Waals surface area contributed by atoms with Crippen molar-refractivity contribution in [3.8, 4) is 0 Å². The van der Waals surface area contributed by atoms with Crippen LogP contribution < -0.4 is 5.73 Å². The third-order valence-corrected chi connectivity index (χ3v) is 2.99. The second-order valence-corrected chi connectivity index (χ2v) is 4.31. The molecule has 0 saturated heterocycles. The third kappa shape index (κ3) is 2.98. The van der Waals surface area contributed by atoms with Gasteiger partial charge in [0.25, 0.3) is 0 Å². The normalized spacial score (nSPS) is 12.1. The van der Waals surface area contributed by atoms with Crippen LogP contribution in [0.5, 0.6) is 0 Å². The Balaban J connectivity index is 2.23. The minimum Gasteiger partial charge on any atom is -0.469 e.